The van der Waals surface area contributed by atoms with Gasteiger partial charge in [0.25, 0.3) is 12.9 Å². The van der Waals surface area contributed by atoms with Crippen molar-refractivity contribution in [2.75, 3.05) is 0 Å². The van der Waals surface area contributed by atoms with Crippen molar-refractivity contribution in [3.63, 3.8) is 0 Å². The summed E-state index contributed by atoms with van der Waals surface area (Å²) in [5.74, 6) is -1.37. The molecule has 6 fully saturated rings. The molecule has 2 N–H and O–H groups in total. The van der Waals surface area contributed by atoms with Gasteiger partial charge in [0.05, 0.1) is 11.2 Å². The van der Waals surface area contributed by atoms with Gasteiger partial charge in [-0.2, -0.15) is 0 Å². The number of Topliss-reactive ketones (excluding diaryl/α,β-unsaturated/α-hetero) is 4. The van der Waals surface area contributed by atoms with Crippen LogP contribution in [0.25, 0.3) is 0 Å². The molecule has 0 aromatic heterocycles. The lowest BCUT2D eigenvalue weighted by Crippen LogP contribution is -2.71. The molecule has 6 aliphatic heterocycles. The second kappa shape index (κ2) is 21.9. The molecule has 16 atom stereocenters. The first-order chi connectivity index (χ1) is 43.2. The summed E-state index contributed by atoms with van der Waals surface area (Å²) in [7, 11) is 0. The van der Waals surface area contributed by atoms with E-state index in [1.54, 1.807) is 50.3 Å². The standard InChI is InChI=1S/2C38H44O8.CH4/c2*1-19(2)9-10-24-32-28(25-17-36(8,44-32)13-12-23(25)20(3)4)31(41)29-30(40)26-15-22-16-27-35(6,7)46-37(34(22)42,14-11-21(5)43-18-39)38(26,27)45-33(24)29;/h2*9,11,14-15,18,21-23,25,27,41H,3,10,12-13,16-17H2,1-2,4-8H3;1H4/b2*14-11+;/t21?,22?,23?,25-,27?,36-,37-,38-;21?,22?,23-,25?,27?,36-,37+,38+;/m10./s1. The molecule has 2 aromatic carbocycles. The van der Waals surface area contributed by atoms with Crippen molar-refractivity contribution >= 4 is 36.1 Å². The van der Waals surface area contributed by atoms with Crippen molar-refractivity contribution in [3.05, 3.63) is 129 Å². The summed E-state index contributed by atoms with van der Waals surface area (Å²) >= 11 is 0. The molecule has 8 aliphatic carbocycles. The number of phenolic OH excluding ortho intramolecular Hbond substituents is 2. The fraction of sp³-hybridized carbons (Fsp3) is 0.558. The molecule has 16 heteroatoms. The number of fused-ring (bicyclic) bond motifs is 10. The smallest absolute Gasteiger partial charge is 0.293 e. The summed E-state index contributed by atoms with van der Waals surface area (Å²) in [5.41, 5.74) is -0.960. The maximum absolute atomic E-state index is 15.0. The third kappa shape index (κ3) is 9.07. The summed E-state index contributed by atoms with van der Waals surface area (Å²) in [5, 5.41) is 24.4. The number of aromatic hydroxyl groups is 2. The van der Waals surface area contributed by atoms with Gasteiger partial charge in [-0.3, -0.25) is 28.8 Å². The molecule has 16 rings (SSSR count). The maximum Gasteiger partial charge on any atom is 0.293 e. The van der Waals surface area contributed by atoms with Crippen LogP contribution in [0.15, 0.2) is 95.2 Å². The fourth-order valence-electron chi connectivity index (χ4n) is 19.0. The van der Waals surface area contributed by atoms with Gasteiger partial charge in [0.1, 0.15) is 69.0 Å². The molecule has 4 saturated carbocycles. The van der Waals surface area contributed by atoms with Gasteiger partial charge in [0.2, 0.25) is 0 Å². The topological polar surface area (TPSA) is 217 Å². The van der Waals surface area contributed by atoms with E-state index in [0.29, 0.717) is 96.4 Å². The SMILES string of the molecule is C.C=C(C)C1CC[C@]2(C)C[C@H]1c1c(O)c3c(c(CC=C(C)C)c1O2)O[C@]12C(=CC4CC1C(C)(C)O[C@]2(/C=C/C(C)OC=O)C4=O)C3=O.C=C(C)[C@@H]1CC[C@@]2(C)CC1c1c(O)c3c(c(CC=C(C)C)c1O2)O[C@]12C(=CC4CC1C(C)(C)O[C@]2(/C=C/C(C)OC=O)C4=O)C3=O. The lowest BCUT2D eigenvalue weighted by atomic mass is 9.51. The highest BCUT2D eigenvalue weighted by atomic mass is 16.6. The molecule has 0 radical (unpaired) electrons. The molecule has 6 heterocycles. The number of rotatable bonds is 14. The van der Waals surface area contributed by atoms with Crippen LogP contribution in [0.2, 0.25) is 0 Å². The molecule has 2 spiro atoms. The normalized spacial score (nSPS) is 36.1. The van der Waals surface area contributed by atoms with E-state index in [9.17, 15) is 39.0 Å². The quantitative estimate of drug-likeness (QED) is 0.133. The van der Waals surface area contributed by atoms with Crippen LogP contribution >= 0.6 is 0 Å². The van der Waals surface area contributed by atoms with Crippen LogP contribution < -0.4 is 18.9 Å². The van der Waals surface area contributed by atoms with E-state index < -0.39 is 68.9 Å². The average molecular weight is 1270 g/mol. The monoisotopic (exact) mass is 1270 g/mol. The number of phenols is 2. The molecular formula is C77H92O16. The number of allylic oxidation sites excluding steroid dienone is 8. The van der Waals surface area contributed by atoms with E-state index in [-0.39, 0.29) is 100 Å². The van der Waals surface area contributed by atoms with E-state index in [1.165, 1.54) is 0 Å². The number of ether oxygens (including phenoxy) is 8. The van der Waals surface area contributed by atoms with E-state index in [4.69, 9.17) is 37.9 Å². The first-order valence-electron chi connectivity index (χ1n) is 33.0. The molecule has 16 nitrogen and oxygen atoms in total. The van der Waals surface area contributed by atoms with E-state index in [2.05, 4.69) is 39.2 Å². The Balaban J connectivity index is 0.000000177. The zero-order valence-corrected chi connectivity index (χ0v) is 55.6. The molecule has 2 aromatic rings. The van der Waals surface area contributed by atoms with Crippen LogP contribution in [0.5, 0.6) is 34.5 Å². The van der Waals surface area contributed by atoms with Crippen LogP contribution in [0.1, 0.15) is 211 Å². The number of ketones is 4. The lowest BCUT2D eigenvalue weighted by Gasteiger charge is -2.56. The first kappa shape index (κ1) is 65.7. The molecular weight excluding hydrogens is 1180 g/mol. The number of carbonyl (C=O) groups excluding carboxylic acids is 6. The van der Waals surface area contributed by atoms with Gasteiger partial charge < -0.3 is 48.1 Å². The zero-order valence-electron chi connectivity index (χ0n) is 55.6. The first-order valence-corrected chi connectivity index (χ1v) is 33.0. The Morgan fingerprint density at radius 1 is 0.591 bits per heavy atom. The minimum absolute atomic E-state index is 0. The van der Waals surface area contributed by atoms with Crippen LogP contribution in [0, 0.1) is 35.5 Å². The van der Waals surface area contributed by atoms with Crippen molar-refractivity contribution in [2.45, 2.75) is 237 Å². The summed E-state index contributed by atoms with van der Waals surface area (Å²) in [6.45, 7) is 36.8. The molecule has 496 valence electrons. The highest BCUT2D eigenvalue weighted by Crippen LogP contribution is 2.72. The minimum Gasteiger partial charge on any atom is -0.507 e. The van der Waals surface area contributed by atoms with Crippen molar-refractivity contribution in [2.24, 2.45) is 35.5 Å². The van der Waals surface area contributed by atoms with E-state index >= 15 is 0 Å². The van der Waals surface area contributed by atoms with E-state index in [1.807, 2.05) is 69.2 Å². The third-order valence-electron chi connectivity index (χ3n) is 23.1. The van der Waals surface area contributed by atoms with Gasteiger partial charge in [-0.1, -0.05) is 67.2 Å². The molecule has 2 saturated heterocycles. The Morgan fingerprint density at radius 3 is 1.29 bits per heavy atom. The fourth-order valence-corrected chi connectivity index (χ4v) is 19.0. The Morgan fingerprint density at radius 2 is 0.957 bits per heavy atom. The van der Waals surface area contributed by atoms with Crippen molar-refractivity contribution in [1.29, 1.82) is 0 Å². The van der Waals surface area contributed by atoms with Crippen molar-refractivity contribution in [1.82, 2.24) is 0 Å². The van der Waals surface area contributed by atoms with Gasteiger partial charge in [0, 0.05) is 68.9 Å². The number of hydrogen-bond acceptors (Lipinski definition) is 16. The van der Waals surface area contributed by atoms with Crippen molar-refractivity contribution in [3.8, 4) is 34.5 Å². The second-order valence-corrected chi connectivity index (χ2v) is 30.7. The van der Waals surface area contributed by atoms with Gasteiger partial charge >= 0.3 is 0 Å². The molecule has 12 bridgehead atoms. The minimum atomic E-state index is -1.64. The summed E-state index contributed by atoms with van der Waals surface area (Å²) in [6, 6.07) is 0. The van der Waals surface area contributed by atoms with Crippen LogP contribution in [-0.4, -0.2) is 103 Å². The molecule has 93 heavy (non-hydrogen) atoms. The zero-order chi connectivity index (χ0) is 66.3. The largest absolute Gasteiger partial charge is 0.507 e. The number of carbonyl (C=O) groups is 6. The van der Waals surface area contributed by atoms with Gasteiger partial charge in [-0.05, 0) is 197 Å². The summed E-state index contributed by atoms with van der Waals surface area (Å²) < 4.78 is 51.9. The lowest BCUT2D eigenvalue weighted by molar-refractivity contribution is -0.161. The predicted octanol–water partition coefficient (Wildman–Crippen LogP) is 13.9. The highest BCUT2D eigenvalue weighted by molar-refractivity contribution is 6.20. The van der Waals surface area contributed by atoms with Gasteiger partial charge in [-0.25, -0.2) is 0 Å². The van der Waals surface area contributed by atoms with Crippen LogP contribution in [0.4, 0.5) is 0 Å². The number of benzene rings is 2. The summed E-state index contributed by atoms with van der Waals surface area (Å²) in [6.07, 6.45) is 19.5. The summed E-state index contributed by atoms with van der Waals surface area (Å²) in [4.78, 5) is 80.8. The Bertz CT molecular complexity index is 3630. The van der Waals surface area contributed by atoms with Gasteiger partial charge in [-0.15, -0.1) is 0 Å². The van der Waals surface area contributed by atoms with E-state index in [0.717, 1.165) is 48.0 Å². The Hall–Kier alpha value is -7.30. The Labute approximate surface area is 546 Å². The Kier molecular flexibility index (Phi) is 15.5. The predicted molar refractivity (Wildman–Crippen MR) is 349 cm³/mol. The number of hydrogen-bond donors (Lipinski definition) is 2. The van der Waals surface area contributed by atoms with Crippen LogP contribution in [0.3, 0.4) is 0 Å². The molecule has 0 amide bonds. The molecule has 14 aliphatic rings. The molecule has 8 unspecified atom stereocenters. The van der Waals surface area contributed by atoms with Gasteiger partial charge in [0.15, 0.2) is 45.5 Å². The third-order valence-corrected chi connectivity index (χ3v) is 23.1. The maximum atomic E-state index is 15.0. The highest BCUT2D eigenvalue weighted by Gasteiger charge is 2.83. The van der Waals surface area contributed by atoms with Crippen LogP contribution in [-0.2, 0) is 51.0 Å². The second-order valence-electron chi connectivity index (χ2n) is 30.7. The average Bonchev–Trinajstić information content (AvgIpc) is 1.56. The van der Waals surface area contributed by atoms with Crippen molar-refractivity contribution < 1.29 is 76.9 Å².